The molecule has 1 aromatic rings. The summed E-state index contributed by atoms with van der Waals surface area (Å²) in [5, 5.41) is 10.8. The van der Waals surface area contributed by atoms with Crippen LogP contribution >= 0.6 is 11.6 Å². The van der Waals surface area contributed by atoms with E-state index in [-0.39, 0.29) is 11.8 Å². The molecule has 0 saturated carbocycles. The Bertz CT molecular complexity index is 530. The first-order chi connectivity index (χ1) is 9.87. The molecule has 1 heterocycles. The maximum Gasteiger partial charge on any atom is 0.254 e. The minimum absolute atomic E-state index is 0.0650. The number of ether oxygens (including phenoxy) is 1. The molecular weight excluding hydrogens is 290 g/mol. The van der Waals surface area contributed by atoms with Gasteiger partial charge in [-0.25, -0.2) is 0 Å². The van der Waals surface area contributed by atoms with E-state index >= 15 is 0 Å². The van der Waals surface area contributed by atoms with Gasteiger partial charge < -0.3 is 14.7 Å². The van der Waals surface area contributed by atoms with Gasteiger partial charge in [0.1, 0.15) is 5.75 Å². The number of aliphatic hydroxyl groups is 1. The molecule has 1 aromatic carbocycles. The van der Waals surface area contributed by atoms with Crippen molar-refractivity contribution < 1.29 is 14.6 Å². The summed E-state index contributed by atoms with van der Waals surface area (Å²) in [5.41, 5.74) is -0.173. The molecule has 1 aliphatic rings. The number of rotatable bonds is 3. The van der Waals surface area contributed by atoms with Gasteiger partial charge in [-0.2, -0.15) is 0 Å². The third kappa shape index (κ3) is 3.50. The van der Waals surface area contributed by atoms with E-state index in [1.165, 1.54) is 0 Å². The predicted molar refractivity (Wildman–Crippen MR) is 82.9 cm³/mol. The molecule has 1 fully saturated rings. The summed E-state index contributed by atoms with van der Waals surface area (Å²) >= 11 is 6.02. The highest BCUT2D eigenvalue weighted by Crippen LogP contribution is 2.31. The van der Waals surface area contributed by atoms with Gasteiger partial charge in [-0.3, -0.25) is 4.79 Å². The van der Waals surface area contributed by atoms with Crippen LogP contribution in [0.2, 0.25) is 5.02 Å². The molecule has 0 radical (unpaired) electrons. The molecule has 0 aliphatic carbocycles. The Kier molecular flexibility index (Phi) is 4.79. The molecule has 21 heavy (non-hydrogen) atoms. The van der Waals surface area contributed by atoms with E-state index in [0.29, 0.717) is 35.8 Å². The van der Waals surface area contributed by atoms with Gasteiger partial charge in [-0.1, -0.05) is 18.5 Å². The van der Waals surface area contributed by atoms with Crippen molar-refractivity contribution >= 4 is 17.5 Å². The van der Waals surface area contributed by atoms with Crippen LogP contribution in [-0.2, 0) is 0 Å². The average Bonchev–Trinajstić information content (AvgIpc) is 2.45. The van der Waals surface area contributed by atoms with Crippen molar-refractivity contribution in [2.75, 3.05) is 20.2 Å². The zero-order valence-electron chi connectivity index (χ0n) is 12.7. The minimum atomic E-state index is -0.697. The molecule has 1 N–H and O–H groups in total. The number of hydrogen-bond donors (Lipinski definition) is 1. The highest BCUT2D eigenvalue weighted by atomic mass is 35.5. The molecule has 1 aliphatic heterocycles. The monoisotopic (exact) mass is 311 g/mol. The van der Waals surface area contributed by atoms with Crippen LogP contribution in [0.4, 0.5) is 0 Å². The lowest BCUT2D eigenvalue weighted by molar-refractivity contribution is -0.0521. The van der Waals surface area contributed by atoms with Crippen LogP contribution in [0.3, 0.4) is 0 Å². The van der Waals surface area contributed by atoms with Crippen molar-refractivity contribution in [3.05, 3.63) is 28.8 Å². The van der Waals surface area contributed by atoms with E-state index in [9.17, 15) is 9.90 Å². The first kappa shape index (κ1) is 16.1. The second kappa shape index (κ2) is 6.24. The topological polar surface area (TPSA) is 49.8 Å². The van der Waals surface area contributed by atoms with E-state index in [1.54, 1.807) is 30.2 Å². The molecule has 0 bridgehead atoms. The van der Waals surface area contributed by atoms with Gasteiger partial charge in [0.15, 0.2) is 0 Å². The van der Waals surface area contributed by atoms with Crippen LogP contribution in [0.15, 0.2) is 18.2 Å². The summed E-state index contributed by atoms with van der Waals surface area (Å²) in [7, 11) is 1.55. The normalized spacial score (nSPS) is 25.8. The van der Waals surface area contributed by atoms with E-state index in [2.05, 4.69) is 0 Å². The number of carbonyl (C=O) groups excluding carboxylic acids is 1. The summed E-state index contributed by atoms with van der Waals surface area (Å²) in [5.74, 6) is 0.600. The Balaban J connectivity index is 2.19. The van der Waals surface area contributed by atoms with Gasteiger partial charge >= 0.3 is 0 Å². The average molecular weight is 312 g/mol. The first-order valence-corrected chi connectivity index (χ1v) is 7.61. The molecular formula is C16H22ClNO3. The van der Waals surface area contributed by atoms with Gasteiger partial charge in [0.05, 0.1) is 12.7 Å². The fourth-order valence-electron chi connectivity index (χ4n) is 2.86. The Morgan fingerprint density at radius 2 is 2.24 bits per heavy atom. The lowest BCUT2D eigenvalue weighted by Crippen LogP contribution is -2.51. The van der Waals surface area contributed by atoms with Crippen molar-refractivity contribution in [2.45, 2.75) is 32.3 Å². The Hall–Kier alpha value is -1.26. The highest BCUT2D eigenvalue weighted by molar-refractivity contribution is 6.31. The summed E-state index contributed by atoms with van der Waals surface area (Å²) in [4.78, 5) is 14.4. The number of benzene rings is 1. The van der Waals surface area contributed by atoms with Crippen LogP contribution in [0.1, 0.15) is 37.0 Å². The third-order valence-electron chi connectivity index (χ3n) is 4.34. The smallest absolute Gasteiger partial charge is 0.254 e. The zero-order chi connectivity index (χ0) is 15.6. The van der Waals surface area contributed by atoms with Crippen LogP contribution < -0.4 is 4.74 Å². The van der Waals surface area contributed by atoms with Crippen molar-refractivity contribution in [3.63, 3.8) is 0 Å². The maximum atomic E-state index is 12.6. The van der Waals surface area contributed by atoms with E-state index in [0.717, 1.165) is 6.42 Å². The summed E-state index contributed by atoms with van der Waals surface area (Å²) in [6.45, 7) is 5.01. The van der Waals surface area contributed by atoms with E-state index in [1.807, 2.05) is 13.8 Å². The first-order valence-electron chi connectivity index (χ1n) is 7.23. The fourth-order valence-corrected chi connectivity index (χ4v) is 3.08. The molecule has 116 valence electrons. The number of piperidine rings is 1. The summed E-state index contributed by atoms with van der Waals surface area (Å²) in [6.07, 6.45) is 1.44. The van der Waals surface area contributed by atoms with Crippen LogP contribution in [0.5, 0.6) is 5.75 Å². The molecule has 0 spiro atoms. The zero-order valence-corrected chi connectivity index (χ0v) is 13.5. The molecule has 4 nitrogen and oxygen atoms in total. The lowest BCUT2D eigenvalue weighted by atomic mass is 9.81. The van der Waals surface area contributed by atoms with Gasteiger partial charge in [-0.05, 0) is 38.0 Å². The number of halogens is 1. The second-order valence-electron chi connectivity index (χ2n) is 5.84. The minimum Gasteiger partial charge on any atom is -0.497 e. The quantitative estimate of drug-likeness (QED) is 0.933. The molecule has 2 atom stereocenters. The molecule has 1 saturated heterocycles. The van der Waals surface area contributed by atoms with Crippen molar-refractivity contribution in [1.82, 2.24) is 4.90 Å². The molecule has 0 aromatic heterocycles. The van der Waals surface area contributed by atoms with Crippen LogP contribution in [0.25, 0.3) is 0 Å². The van der Waals surface area contributed by atoms with Crippen LogP contribution in [-0.4, -0.2) is 41.7 Å². The van der Waals surface area contributed by atoms with Crippen molar-refractivity contribution in [2.24, 2.45) is 5.92 Å². The third-order valence-corrected chi connectivity index (χ3v) is 4.56. The Labute approximate surface area is 130 Å². The summed E-state index contributed by atoms with van der Waals surface area (Å²) < 4.78 is 5.15. The Morgan fingerprint density at radius 3 is 2.86 bits per heavy atom. The van der Waals surface area contributed by atoms with Gasteiger partial charge in [-0.15, -0.1) is 0 Å². The van der Waals surface area contributed by atoms with Gasteiger partial charge in [0, 0.05) is 29.6 Å². The summed E-state index contributed by atoms with van der Waals surface area (Å²) in [6, 6.07) is 5.02. The number of amides is 1. The lowest BCUT2D eigenvalue weighted by Gasteiger charge is -2.42. The standard InChI is InChI=1S/C16H22ClNO3/c1-4-12-10-18(6-5-16(12,2)20)15(19)11-7-13(17)9-14(8-11)21-3/h7-9,12,20H,4-6,10H2,1-3H3/t12-,16+/m0/s1. The number of hydrogen-bond acceptors (Lipinski definition) is 3. The van der Waals surface area contributed by atoms with Gasteiger partial charge in [0.2, 0.25) is 0 Å². The maximum absolute atomic E-state index is 12.6. The predicted octanol–water partition coefficient (Wildman–Crippen LogP) is 2.97. The van der Waals surface area contributed by atoms with Crippen LogP contribution in [0, 0.1) is 5.92 Å². The SMILES string of the molecule is CC[C@H]1CN(C(=O)c2cc(Cl)cc(OC)c2)CC[C@@]1(C)O. The molecule has 5 heteroatoms. The van der Waals surface area contributed by atoms with E-state index in [4.69, 9.17) is 16.3 Å². The van der Waals surface area contributed by atoms with Gasteiger partial charge in [0.25, 0.3) is 5.91 Å². The highest BCUT2D eigenvalue weighted by Gasteiger charge is 2.38. The largest absolute Gasteiger partial charge is 0.497 e. The molecule has 2 rings (SSSR count). The Morgan fingerprint density at radius 1 is 1.52 bits per heavy atom. The van der Waals surface area contributed by atoms with E-state index < -0.39 is 5.60 Å². The number of methoxy groups -OCH3 is 1. The van der Waals surface area contributed by atoms with Crippen molar-refractivity contribution in [1.29, 1.82) is 0 Å². The number of likely N-dealkylation sites (tertiary alicyclic amines) is 1. The number of carbonyl (C=O) groups is 1. The molecule has 0 unspecified atom stereocenters. The molecule has 1 amide bonds. The fraction of sp³-hybridized carbons (Fsp3) is 0.562. The number of nitrogens with zero attached hydrogens (tertiary/aromatic N) is 1. The van der Waals surface area contributed by atoms with Crippen molar-refractivity contribution in [3.8, 4) is 5.75 Å². The second-order valence-corrected chi connectivity index (χ2v) is 6.28.